The van der Waals surface area contributed by atoms with Gasteiger partial charge in [-0.25, -0.2) is 4.79 Å². The Morgan fingerprint density at radius 1 is 0.914 bits per heavy atom. The van der Waals surface area contributed by atoms with Crippen molar-refractivity contribution in [1.82, 2.24) is 4.90 Å². The molecule has 1 saturated heterocycles. The maximum atomic E-state index is 13.1. The summed E-state index contributed by atoms with van der Waals surface area (Å²) in [6, 6.07) is 21.6. The Labute approximate surface area is 203 Å². The maximum absolute atomic E-state index is 13.1. The molecule has 0 saturated carbocycles. The molecule has 1 fully saturated rings. The number of carbonyl (C=O) groups excluding carboxylic acids is 3. The summed E-state index contributed by atoms with van der Waals surface area (Å²) < 4.78 is 10.2. The van der Waals surface area contributed by atoms with E-state index in [1.165, 1.54) is 12.0 Å². The number of carbonyl (C=O) groups is 3. The molecule has 0 radical (unpaired) electrons. The lowest BCUT2D eigenvalue weighted by atomic mass is 9.95. The standard InChI is InChI=1S/C28H25NO6/c1-3-35-28(33)21-11-9-18(10-12-21)17-29-24(19-7-5-4-6-8-19)23(26(31)27(29)32)25(30)20-13-15-22(34-2)16-14-20/h4-16,24,30H,3,17H2,1-2H3/b25-23+. The average Bonchev–Trinajstić information content (AvgIpc) is 3.14. The highest BCUT2D eigenvalue weighted by Gasteiger charge is 2.46. The van der Waals surface area contributed by atoms with E-state index in [1.54, 1.807) is 55.5 Å². The van der Waals surface area contributed by atoms with Crippen LogP contribution in [0.5, 0.6) is 5.75 Å². The number of aliphatic hydroxyl groups excluding tert-OH is 1. The first-order chi connectivity index (χ1) is 16.9. The van der Waals surface area contributed by atoms with E-state index in [9.17, 15) is 19.5 Å². The van der Waals surface area contributed by atoms with Crippen molar-refractivity contribution in [2.24, 2.45) is 0 Å². The van der Waals surface area contributed by atoms with Crippen LogP contribution < -0.4 is 4.74 Å². The molecule has 1 atom stereocenters. The first-order valence-corrected chi connectivity index (χ1v) is 11.2. The third-order valence-electron chi connectivity index (χ3n) is 5.84. The molecule has 7 heteroatoms. The smallest absolute Gasteiger partial charge is 0.338 e. The molecule has 1 unspecified atom stereocenters. The fraction of sp³-hybridized carbons (Fsp3) is 0.179. The van der Waals surface area contributed by atoms with Crippen LogP contribution in [0.25, 0.3) is 5.76 Å². The summed E-state index contributed by atoms with van der Waals surface area (Å²) in [4.78, 5) is 39.7. The van der Waals surface area contributed by atoms with Crippen molar-refractivity contribution in [2.75, 3.05) is 13.7 Å². The molecule has 0 aliphatic carbocycles. The molecule has 1 heterocycles. The second kappa shape index (κ2) is 10.3. The number of ketones is 1. The number of methoxy groups -OCH3 is 1. The van der Waals surface area contributed by atoms with Crippen LogP contribution in [0, 0.1) is 0 Å². The minimum atomic E-state index is -0.775. The Kier molecular flexibility index (Phi) is 6.96. The van der Waals surface area contributed by atoms with E-state index in [0.29, 0.717) is 22.4 Å². The van der Waals surface area contributed by atoms with Gasteiger partial charge in [0.1, 0.15) is 11.5 Å². The van der Waals surface area contributed by atoms with Gasteiger partial charge in [-0.15, -0.1) is 0 Å². The summed E-state index contributed by atoms with van der Waals surface area (Å²) in [7, 11) is 1.54. The normalized spacial score (nSPS) is 16.9. The largest absolute Gasteiger partial charge is 0.507 e. The average molecular weight is 472 g/mol. The van der Waals surface area contributed by atoms with Crippen molar-refractivity contribution in [3.8, 4) is 5.75 Å². The van der Waals surface area contributed by atoms with Crippen molar-refractivity contribution < 1.29 is 29.0 Å². The van der Waals surface area contributed by atoms with Gasteiger partial charge in [0.05, 0.1) is 30.9 Å². The van der Waals surface area contributed by atoms with E-state index in [0.717, 1.165) is 5.56 Å². The molecule has 0 spiro atoms. The lowest BCUT2D eigenvalue weighted by Gasteiger charge is -2.25. The third kappa shape index (κ3) is 4.80. The number of Topliss-reactive ketones (excluding diaryl/α,β-unsaturated/α-hetero) is 1. The number of likely N-dealkylation sites (tertiary alicyclic amines) is 1. The first-order valence-electron chi connectivity index (χ1n) is 11.2. The van der Waals surface area contributed by atoms with Crippen molar-refractivity contribution in [2.45, 2.75) is 19.5 Å². The summed E-state index contributed by atoms with van der Waals surface area (Å²) in [5.74, 6) is -1.53. The molecule has 0 aromatic heterocycles. The van der Waals surface area contributed by atoms with Gasteiger partial charge in [0.2, 0.25) is 0 Å². The molecule has 35 heavy (non-hydrogen) atoms. The minimum absolute atomic E-state index is 0.0227. The van der Waals surface area contributed by atoms with Crippen LogP contribution in [0.4, 0.5) is 0 Å². The van der Waals surface area contributed by atoms with Crippen LogP contribution in [0.15, 0.2) is 84.4 Å². The molecule has 1 amide bonds. The fourth-order valence-corrected chi connectivity index (χ4v) is 4.09. The quantitative estimate of drug-likeness (QED) is 0.236. The Morgan fingerprint density at radius 3 is 2.14 bits per heavy atom. The van der Waals surface area contributed by atoms with Gasteiger partial charge >= 0.3 is 5.97 Å². The predicted molar refractivity (Wildman–Crippen MR) is 130 cm³/mol. The topological polar surface area (TPSA) is 93.1 Å². The molecule has 1 N–H and O–H groups in total. The van der Waals surface area contributed by atoms with Gasteiger partial charge in [-0.1, -0.05) is 42.5 Å². The van der Waals surface area contributed by atoms with Gasteiger partial charge in [-0.05, 0) is 54.4 Å². The van der Waals surface area contributed by atoms with Crippen LogP contribution in [0.2, 0.25) is 0 Å². The maximum Gasteiger partial charge on any atom is 0.338 e. The molecular formula is C28H25NO6. The zero-order valence-electron chi connectivity index (χ0n) is 19.4. The number of ether oxygens (including phenoxy) is 2. The summed E-state index contributed by atoms with van der Waals surface area (Å²) >= 11 is 0. The molecule has 1 aliphatic heterocycles. The van der Waals surface area contributed by atoms with Crippen molar-refractivity contribution in [3.63, 3.8) is 0 Å². The van der Waals surface area contributed by atoms with Crippen LogP contribution in [-0.4, -0.2) is 41.4 Å². The number of nitrogens with zero attached hydrogens (tertiary/aromatic N) is 1. The number of esters is 1. The fourth-order valence-electron chi connectivity index (χ4n) is 4.09. The van der Waals surface area contributed by atoms with Crippen LogP contribution >= 0.6 is 0 Å². The van der Waals surface area contributed by atoms with Gasteiger partial charge in [0, 0.05) is 12.1 Å². The molecule has 3 aromatic carbocycles. The Morgan fingerprint density at radius 2 is 1.54 bits per heavy atom. The highest BCUT2D eigenvalue weighted by molar-refractivity contribution is 6.46. The predicted octanol–water partition coefficient (Wildman–Crippen LogP) is 4.49. The zero-order chi connectivity index (χ0) is 24.9. The second-order valence-corrected chi connectivity index (χ2v) is 7.98. The van der Waals surface area contributed by atoms with E-state index in [2.05, 4.69) is 0 Å². The number of amides is 1. The van der Waals surface area contributed by atoms with Crippen LogP contribution in [0.1, 0.15) is 40.0 Å². The SMILES string of the molecule is CCOC(=O)c1ccc(CN2C(=O)C(=O)/C(=C(/O)c3ccc(OC)cc3)C2c2ccccc2)cc1. The van der Waals surface area contributed by atoms with Gasteiger partial charge in [0.15, 0.2) is 0 Å². The lowest BCUT2D eigenvalue weighted by molar-refractivity contribution is -0.140. The summed E-state index contributed by atoms with van der Waals surface area (Å²) in [5, 5.41) is 11.1. The van der Waals surface area contributed by atoms with Crippen LogP contribution in [-0.2, 0) is 20.9 Å². The number of benzene rings is 3. The van der Waals surface area contributed by atoms with Gasteiger partial charge in [-0.2, -0.15) is 0 Å². The summed E-state index contributed by atoms with van der Waals surface area (Å²) in [5.41, 5.74) is 2.25. The highest BCUT2D eigenvalue weighted by Crippen LogP contribution is 2.40. The molecule has 4 rings (SSSR count). The molecule has 7 nitrogen and oxygen atoms in total. The first kappa shape index (κ1) is 23.8. The van der Waals surface area contributed by atoms with E-state index < -0.39 is 23.7 Å². The minimum Gasteiger partial charge on any atom is -0.507 e. The number of rotatable bonds is 7. The molecular weight excluding hydrogens is 446 g/mol. The van der Waals surface area contributed by atoms with Crippen molar-refractivity contribution in [3.05, 3.63) is 107 Å². The third-order valence-corrected chi connectivity index (χ3v) is 5.84. The monoisotopic (exact) mass is 471 g/mol. The molecule has 178 valence electrons. The van der Waals surface area contributed by atoms with Crippen LogP contribution in [0.3, 0.4) is 0 Å². The lowest BCUT2D eigenvalue weighted by Crippen LogP contribution is -2.29. The highest BCUT2D eigenvalue weighted by atomic mass is 16.5. The molecule has 1 aliphatic rings. The number of hydrogen-bond donors (Lipinski definition) is 1. The van der Waals surface area contributed by atoms with Gasteiger partial charge in [-0.3, -0.25) is 9.59 Å². The van der Waals surface area contributed by atoms with E-state index in [1.807, 2.05) is 30.3 Å². The Balaban J connectivity index is 1.73. The Hall–Kier alpha value is -4.39. The Bertz CT molecular complexity index is 1260. The van der Waals surface area contributed by atoms with E-state index >= 15 is 0 Å². The molecule has 3 aromatic rings. The molecule has 0 bridgehead atoms. The van der Waals surface area contributed by atoms with Crippen molar-refractivity contribution >= 4 is 23.4 Å². The van der Waals surface area contributed by atoms with Crippen molar-refractivity contribution in [1.29, 1.82) is 0 Å². The summed E-state index contributed by atoms with van der Waals surface area (Å²) in [6.07, 6.45) is 0. The van der Waals surface area contributed by atoms with Gasteiger partial charge in [0.25, 0.3) is 11.7 Å². The van der Waals surface area contributed by atoms with E-state index in [-0.39, 0.29) is 24.5 Å². The zero-order valence-corrected chi connectivity index (χ0v) is 19.4. The second-order valence-electron chi connectivity index (χ2n) is 7.98. The number of aliphatic hydroxyl groups is 1. The van der Waals surface area contributed by atoms with Gasteiger partial charge < -0.3 is 19.5 Å². The summed E-state index contributed by atoms with van der Waals surface area (Å²) in [6.45, 7) is 2.13. The number of hydrogen-bond acceptors (Lipinski definition) is 6. The van der Waals surface area contributed by atoms with E-state index in [4.69, 9.17) is 9.47 Å².